The molecule has 0 aliphatic carbocycles. The standard InChI is InChI=1S/C21H24N2O4S/c1-5-6-11-26-16-9-7-15(8-10-16)21(25)27-13(3)18-22-19(24)17-12(2)14(4)28-20(17)23-18/h7-10,13H,5-6,11H2,1-4H3,(H,22,23,24). The first kappa shape index (κ1) is 20.1. The van der Waals surface area contributed by atoms with Gasteiger partial charge in [0.1, 0.15) is 10.6 Å². The average Bonchev–Trinajstić information content (AvgIpc) is 2.96. The van der Waals surface area contributed by atoms with Crippen LogP contribution in [0.5, 0.6) is 5.75 Å². The molecule has 2 heterocycles. The Morgan fingerprint density at radius 3 is 2.64 bits per heavy atom. The van der Waals surface area contributed by atoms with Gasteiger partial charge >= 0.3 is 5.97 Å². The molecule has 2 aromatic heterocycles. The van der Waals surface area contributed by atoms with Gasteiger partial charge in [0.25, 0.3) is 5.56 Å². The van der Waals surface area contributed by atoms with E-state index in [0.29, 0.717) is 28.2 Å². The van der Waals surface area contributed by atoms with Crippen LogP contribution in [0.15, 0.2) is 29.1 Å². The number of fused-ring (bicyclic) bond motifs is 1. The number of hydrogen-bond acceptors (Lipinski definition) is 6. The van der Waals surface area contributed by atoms with Crippen molar-refractivity contribution in [3.63, 3.8) is 0 Å². The van der Waals surface area contributed by atoms with Crippen LogP contribution < -0.4 is 10.3 Å². The number of thiophene rings is 1. The van der Waals surface area contributed by atoms with Crippen molar-refractivity contribution in [2.45, 2.75) is 46.6 Å². The highest BCUT2D eigenvalue weighted by atomic mass is 32.1. The minimum Gasteiger partial charge on any atom is -0.494 e. The van der Waals surface area contributed by atoms with Gasteiger partial charge in [-0.15, -0.1) is 11.3 Å². The first-order chi connectivity index (χ1) is 13.4. The van der Waals surface area contributed by atoms with Gasteiger partial charge in [-0.25, -0.2) is 9.78 Å². The van der Waals surface area contributed by atoms with Gasteiger partial charge in [-0.1, -0.05) is 13.3 Å². The number of carbonyl (C=O) groups excluding carboxylic acids is 1. The maximum absolute atomic E-state index is 12.4. The van der Waals surface area contributed by atoms with E-state index in [1.54, 1.807) is 31.2 Å². The zero-order valence-electron chi connectivity index (χ0n) is 16.5. The molecule has 0 bridgehead atoms. The Bertz CT molecular complexity index is 1040. The Labute approximate surface area is 167 Å². The maximum atomic E-state index is 12.4. The molecule has 0 aliphatic heterocycles. The van der Waals surface area contributed by atoms with E-state index in [2.05, 4.69) is 16.9 Å². The predicted octanol–water partition coefficient (Wildman–Crippen LogP) is 4.70. The number of aryl methyl sites for hydroxylation is 2. The van der Waals surface area contributed by atoms with Crippen LogP contribution in [0.3, 0.4) is 0 Å². The van der Waals surface area contributed by atoms with E-state index in [0.717, 1.165) is 29.0 Å². The van der Waals surface area contributed by atoms with E-state index >= 15 is 0 Å². The van der Waals surface area contributed by atoms with E-state index < -0.39 is 12.1 Å². The highest BCUT2D eigenvalue weighted by molar-refractivity contribution is 7.18. The molecule has 28 heavy (non-hydrogen) atoms. The number of hydrogen-bond donors (Lipinski definition) is 1. The summed E-state index contributed by atoms with van der Waals surface area (Å²) in [6.07, 6.45) is 1.38. The SMILES string of the molecule is CCCCOc1ccc(C(=O)OC(C)c2nc3sc(C)c(C)c3c(=O)[nH]2)cc1. The summed E-state index contributed by atoms with van der Waals surface area (Å²) in [6.45, 7) is 8.31. The van der Waals surface area contributed by atoms with Crippen LogP contribution in [-0.2, 0) is 4.74 Å². The number of nitrogens with one attached hydrogen (secondary N) is 1. The summed E-state index contributed by atoms with van der Waals surface area (Å²) in [4.78, 5) is 33.8. The van der Waals surface area contributed by atoms with E-state index in [9.17, 15) is 9.59 Å². The van der Waals surface area contributed by atoms with Gasteiger partial charge < -0.3 is 14.5 Å². The summed E-state index contributed by atoms with van der Waals surface area (Å²) in [5.41, 5.74) is 1.14. The Balaban J connectivity index is 1.72. The van der Waals surface area contributed by atoms with Gasteiger partial charge in [0.2, 0.25) is 0 Å². The molecule has 0 saturated heterocycles. The topological polar surface area (TPSA) is 81.3 Å². The van der Waals surface area contributed by atoms with Crippen LogP contribution in [0.4, 0.5) is 0 Å². The first-order valence-corrected chi connectivity index (χ1v) is 10.2. The minimum absolute atomic E-state index is 0.210. The lowest BCUT2D eigenvalue weighted by Gasteiger charge is -2.13. The third-order valence-corrected chi connectivity index (χ3v) is 5.68. The van der Waals surface area contributed by atoms with Gasteiger partial charge in [0.15, 0.2) is 11.9 Å². The summed E-state index contributed by atoms with van der Waals surface area (Å²) in [6, 6.07) is 6.84. The fraction of sp³-hybridized carbons (Fsp3) is 0.381. The Morgan fingerprint density at radius 2 is 1.96 bits per heavy atom. The fourth-order valence-corrected chi connectivity index (χ4v) is 3.81. The quantitative estimate of drug-likeness (QED) is 0.459. The number of nitrogens with zero attached hydrogens (tertiary/aromatic N) is 1. The van der Waals surface area contributed by atoms with Crippen molar-refractivity contribution in [2.75, 3.05) is 6.61 Å². The molecule has 3 rings (SSSR count). The highest BCUT2D eigenvalue weighted by Crippen LogP contribution is 2.27. The molecular weight excluding hydrogens is 376 g/mol. The largest absolute Gasteiger partial charge is 0.494 e. The average molecular weight is 401 g/mol. The van der Waals surface area contributed by atoms with Gasteiger partial charge in [0.05, 0.1) is 17.6 Å². The molecule has 1 N–H and O–H groups in total. The monoisotopic (exact) mass is 400 g/mol. The van der Waals surface area contributed by atoms with E-state index in [1.807, 2.05) is 13.8 Å². The first-order valence-electron chi connectivity index (χ1n) is 9.34. The number of benzene rings is 1. The van der Waals surface area contributed by atoms with Crippen molar-refractivity contribution in [3.8, 4) is 5.75 Å². The van der Waals surface area contributed by atoms with E-state index in [1.165, 1.54) is 11.3 Å². The van der Waals surface area contributed by atoms with Crippen molar-refractivity contribution in [2.24, 2.45) is 0 Å². The Hall–Kier alpha value is -2.67. The van der Waals surface area contributed by atoms with Gasteiger partial charge in [-0.2, -0.15) is 0 Å². The second kappa shape index (κ2) is 8.56. The van der Waals surface area contributed by atoms with Crippen LogP contribution in [0.2, 0.25) is 0 Å². The number of aromatic nitrogens is 2. The zero-order valence-corrected chi connectivity index (χ0v) is 17.3. The molecule has 0 fully saturated rings. The molecule has 1 aromatic carbocycles. The van der Waals surface area contributed by atoms with Gasteiger partial charge in [-0.3, -0.25) is 4.79 Å². The van der Waals surface area contributed by atoms with Crippen LogP contribution in [0, 0.1) is 13.8 Å². The van der Waals surface area contributed by atoms with Crippen LogP contribution >= 0.6 is 11.3 Å². The molecule has 0 radical (unpaired) electrons. The molecule has 0 aliphatic rings. The summed E-state index contributed by atoms with van der Waals surface area (Å²) in [5.74, 6) is 0.582. The van der Waals surface area contributed by atoms with Gasteiger partial charge in [0, 0.05) is 4.88 Å². The molecule has 0 spiro atoms. The number of carbonyl (C=O) groups is 1. The van der Waals surface area contributed by atoms with Crippen molar-refractivity contribution in [1.82, 2.24) is 9.97 Å². The zero-order chi connectivity index (χ0) is 20.3. The fourth-order valence-electron chi connectivity index (χ4n) is 2.77. The smallest absolute Gasteiger partial charge is 0.338 e. The van der Waals surface area contributed by atoms with Crippen molar-refractivity contribution in [3.05, 3.63) is 56.4 Å². The summed E-state index contributed by atoms with van der Waals surface area (Å²) in [7, 11) is 0. The second-order valence-electron chi connectivity index (χ2n) is 6.69. The lowest BCUT2D eigenvalue weighted by Crippen LogP contribution is -2.17. The predicted molar refractivity (Wildman–Crippen MR) is 110 cm³/mol. The number of unbranched alkanes of at least 4 members (excludes halogenated alkanes) is 1. The highest BCUT2D eigenvalue weighted by Gasteiger charge is 2.19. The van der Waals surface area contributed by atoms with E-state index in [4.69, 9.17) is 9.47 Å². The third-order valence-electron chi connectivity index (χ3n) is 4.58. The lowest BCUT2D eigenvalue weighted by atomic mass is 10.2. The van der Waals surface area contributed by atoms with Crippen molar-refractivity contribution in [1.29, 1.82) is 0 Å². The molecule has 1 unspecified atom stereocenters. The minimum atomic E-state index is -0.673. The van der Waals surface area contributed by atoms with Crippen LogP contribution in [0.1, 0.15) is 59.4 Å². The number of H-pyrrole nitrogens is 1. The van der Waals surface area contributed by atoms with Crippen LogP contribution in [0.25, 0.3) is 10.2 Å². The third kappa shape index (κ3) is 4.25. The lowest BCUT2D eigenvalue weighted by molar-refractivity contribution is 0.0320. The summed E-state index contributed by atoms with van der Waals surface area (Å²) in [5, 5.41) is 0.600. The maximum Gasteiger partial charge on any atom is 0.338 e. The Kier molecular flexibility index (Phi) is 6.14. The van der Waals surface area contributed by atoms with E-state index in [-0.39, 0.29) is 5.56 Å². The van der Waals surface area contributed by atoms with Crippen LogP contribution in [-0.4, -0.2) is 22.5 Å². The summed E-state index contributed by atoms with van der Waals surface area (Å²) >= 11 is 1.46. The number of aromatic amines is 1. The van der Waals surface area contributed by atoms with Crippen molar-refractivity contribution >= 4 is 27.5 Å². The second-order valence-corrected chi connectivity index (χ2v) is 7.89. The normalized spacial score (nSPS) is 12.1. The number of esters is 1. The van der Waals surface area contributed by atoms with Crippen molar-refractivity contribution < 1.29 is 14.3 Å². The molecular formula is C21H24N2O4S. The molecule has 6 nitrogen and oxygen atoms in total. The number of rotatable bonds is 7. The molecule has 0 amide bonds. The Morgan fingerprint density at radius 1 is 1.25 bits per heavy atom. The number of ether oxygens (including phenoxy) is 2. The van der Waals surface area contributed by atoms with Gasteiger partial charge in [-0.05, 0) is 57.0 Å². The molecule has 0 saturated carbocycles. The molecule has 1 atom stereocenters. The summed E-state index contributed by atoms with van der Waals surface area (Å²) < 4.78 is 11.1. The molecule has 148 valence electrons. The molecule has 3 aromatic rings. The molecule has 7 heteroatoms.